The van der Waals surface area contributed by atoms with Crippen molar-refractivity contribution in [2.24, 2.45) is 0 Å². The summed E-state index contributed by atoms with van der Waals surface area (Å²) in [7, 11) is 1.62. The number of carbonyl (C=O) groups excluding carboxylic acids is 1. The Kier molecular flexibility index (Phi) is 6.09. The maximum Gasteiger partial charge on any atom is 0.413 e. The Balaban J connectivity index is 1.95. The number of methoxy groups -OCH3 is 1. The molecule has 0 saturated carbocycles. The lowest BCUT2D eigenvalue weighted by atomic mass is 10.2. The molecule has 134 valence electrons. The van der Waals surface area contributed by atoms with Crippen molar-refractivity contribution in [3.63, 3.8) is 0 Å². The molecule has 1 amide bonds. The summed E-state index contributed by atoms with van der Waals surface area (Å²) in [5, 5.41) is 6.47. The highest BCUT2D eigenvalue weighted by molar-refractivity contribution is 6.30. The van der Waals surface area contributed by atoms with Crippen molar-refractivity contribution < 1.29 is 14.3 Å². The average Bonchev–Trinajstić information content (AvgIpc) is 2.52. The van der Waals surface area contributed by atoms with E-state index in [0.29, 0.717) is 17.4 Å². The number of amides is 1. The number of halogens is 1. The number of hydrogen-bond acceptors (Lipinski definition) is 5. The standard InChI is InChI=1S/C18H22ClN3O3/c1-18(2,3)25-17(23)22-16-8-6-14(11-21-16)20-10-12-9-13(19)5-7-15(12)24-4/h5-9,11,20H,10H2,1-4H3,(H,21,22,23). The Bertz CT molecular complexity index is 727. The van der Waals surface area contributed by atoms with Crippen LogP contribution in [0.15, 0.2) is 36.5 Å². The van der Waals surface area contributed by atoms with Crippen LogP contribution in [0, 0.1) is 0 Å². The summed E-state index contributed by atoms with van der Waals surface area (Å²) >= 11 is 6.02. The van der Waals surface area contributed by atoms with E-state index >= 15 is 0 Å². The molecular formula is C18H22ClN3O3. The molecule has 0 aliphatic carbocycles. The highest BCUT2D eigenvalue weighted by Gasteiger charge is 2.16. The van der Waals surface area contributed by atoms with E-state index in [1.54, 1.807) is 46.2 Å². The number of nitrogens with one attached hydrogen (secondary N) is 2. The number of benzene rings is 1. The monoisotopic (exact) mass is 363 g/mol. The molecule has 0 fully saturated rings. The van der Waals surface area contributed by atoms with Gasteiger partial charge in [-0.1, -0.05) is 11.6 Å². The predicted molar refractivity (Wildman–Crippen MR) is 99.4 cm³/mol. The Labute approximate surface area is 152 Å². The van der Waals surface area contributed by atoms with Crippen LogP contribution in [-0.2, 0) is 11.3 Å². The minimum Gasteiger partial charge on any atom is -0.496 e. The first-order valence-electron chi connectivity index (χ1n) is 7.79. The van der Waals surface area contributed by atoms with Crippen LogP contribution in [0.3, 0.4) is 0 Å². The minimum absolute atomic E-state index is 0.417. The number of carbonyl (C=O) groups is 1. The molecule has 1 aromatic carbocycles. The lowest BCUT2D eigenvalue weighted by Gasteiger charge is -2.19. The molecule has 0 radical (unpaired) electrons. The van der Waals surface area contributed by atoms with Gasteiger partial charge in [-0.3, -0.25) is 5.32 Å². The van der Waals surface area contributed by atoms with Gasteiger partial charge in [0.05, 0.1) is 19.0 Å². The molecule has 25 heavy (non-hydrogen) atoms. The third-order valence-corrected chi connectivity index (χ3v) is 3.35. The summed E-state index contributed by atoms with van der Waals surface area (Å²) in [4.78, 5) is 15.9. The van der Waals surface area contributed by atoms with Crippen LogP contribution in [0.2, 0.25) is 5.02 Å². The maximum atomic E-state index is 11.7. The number of nitrogens with zero attached hydrogens (tertiary/aromatic N) is 1. The van der Waals surface area contributed by atoms with E-state index in [1.807, 2.05) is 18.2 Å². The Morgan fingerprint density at radius 2 is 2.00 bits per heavy atom. The smallest absolute Gasteiger partial charge is 0.413 e. The number of pyridine rings is 1. The second-order valence-corrected chi connectivity index (χ2v) is 6.81. The summed E-state index contributed by atoms with van der Waals surface area (Å²) < 4.78 is 10.5. The molecule has 1 aromatic heterocycles. The van der Waals surface area contributed by atoms with Crippen LogP contribution in [0.5, 0.6) is 5.75 Å². The first-order valence-corrected chi connectivity index (χ1v) is 8.17. The normalized spacial score (nSPS) is 10.9. The fourth-order valence-electron chi connectivity index (χ4n) is 2.06. The molecule has 0 aliphatic rings. The van der Waals surface area contributed by atoms with Crippen molar-refractivity contribution in [2.45, 2.75) is 32.9 Å². The first-order chi connectivity index (χ1) is 11.8. The molecule has 2 aromatic rings. The van der Waals surface area contributed by atoms with E-state index < -0.39 is 11.7 Å². The molecule has 0 bridgehead atoms. The van der Waals surface area contributed by atoms with Gasteiger partial charge in [-0.2, -0.15) is 0 Å². The van der Waals surface area contributed by atoms with E-state index in [0.717, 1.165) is 17.0 Å². The highest BCUT2D eigenvalue weighted by Crippen LogP contribution is 2.23. The zero-order valence-corrected chi connectivity index (χ0v) is 15.5. The second kappa shape index (κ2) is 8.07. The molecular weight excluding hydrogens is 342 g/mol. The summed E-state index contributed by atoms with van der Waals surface area (Å²) in [6.45, 7) is 5.94. The minimum atomic E-state index is -0.554. The lowest BCUT2D eigenvalue weighted by Crippen LogP contribution is -2.27. The van der Waals surface area contributed by atoms with Crippen molar-refractivity contribution in [3.8, 4) is 5.75 Å². The Hall–Kier alpha value is -2.47. The third kappa shape index (κ3) is 6.15. The fraction of sp³-hybridized carbons (Fsp3) is 0.333. The summed E-state index contributed by atoms with van der Waals surface area (Å²) in [5.41, 5.74) is 1.18. The van der Waals surface area contributed by atoms with E-state index in [4.69, 9.17) is 21.1 Å². The summed E-state index contributed by atoms with van der Waals surface area (Å²) in [6.07, 6.45) is 1.09. The van der Waals surface area contributed by atoms with Gasteiger partial charge in [-0.05, 0) is 51.1 Å². The van der Waals surface area contributed by atoms with Gasteiger partial charge < -0.3 is 14.8 Å². The van der Waals surface area contributed by atoms with Gasteiger partial charge in [-0.15, -0.1) is 0 Å². The van der Waals surface area contributed by atoms with Gasteiger partial charge in [0.2, 0.25) is 0 Å². The number of ether oxygens (including phenoxy) is 2. The maximum absolute atomic E-state index is 11.7. The van der Waals surface area contributed by atoms with Crippen LogP contribution < -0.4 is 15.4 Å². The molecule has 0 aliphatic heterocycles. The van der Waals surface area contributed by atoms with Gasteiger partial charge in [-0.25, -0.2) is 9.78 Å². The van der Waals surface area contributed by atoms with Crippen molar-refractivity contribution >= 4 is 29.2 Å². The number of aromatic nitrogens is 1. The largest absolute Gasteiger partial charge is 0.496 e. The second-order valence-electron chi connectivity index (χ2n) is 6.37. The van der Waals surface area contributed by atoms with Crippen molar-refractivity contribution in [1.29, 1.82) is 0 Å². The van der Waals surface area contributed by atoms with Gasteiger partial charge in [0.1, 0.15) is 17.2 Å². The highest BCUT2D eigenvalue weighted by atomic mass is 35.5. The molecule has 2 N–H and O–H groups in total. The Morgan fingerprint density at radius 1 is 1.24 bits per heavy atom. The predicted octanol–water partition coefficient (Wildman–Crippen LogP) is 4.70. The van der Waals surface area contributed by atoms with Gasteiger partial charge in [0.15, 0.2) is 0 Å². The van der Waals surface area contributed by atoms with Gasteiger partial charge in [0, 0.05) is 17.1 Å². The molecule has 0 atom stereocenters. The lowest BCUT2D eigenvalue weighted by molar-refractivity contribution is 0.0635. The molecule has 0 spiro atoms. The van der Waals surface area contributed by atoms with Crippen LogP contribution in [-0.4, -0.2) is 23.8 Å². The molecule has 7 heteroatoms. The van der Waals surface area contributed by atoms with Crippen LogP contribution in [0.1, 0.15) is 26.3 Å². The van der Waals surface area contributed by atoms with Gasteiger partial charge >= 0.3 is 6.09 Å². The third-order valence-electron chi connectivity index (χ3n) is 3.12. The van der Waals surface area contributed by atoms with Crippen LogP contribution >= 0.6 is 11.6 Å². The average molecular weight is 364 g/mol. The fourth-order valence-corrected chi connectivity index (χ4v) is 2.26. The Morgan fingerprint density at radius 3 is 2.60 bits per heavy atom. The molecule has 6 nitrogen and oxygen atoms in total. The van der Waals surface area contributed by atoms with Crippen molar-refractivity contribution in [2.75, 3.05) is 17.7 Å². The quantitative estimate of drug-likeness (QED) is 0.805. The van der Waals surface area contributed by atoms with Gasteiger partial charge in [0.25, 0.3) is 0 Å². The number of anilines is 2. The topological polar surface area (TPSA) is 72.5 Å². The van der Waals surface area contributed by atoms with E-state index in [2.05, 4.69) is 15.6 Å². The van der Waals surface area contributed by atoms with Crippen molar-refractivity contribution in [3.05, 3.63) is 47.1 Å². The van der Waals surface area contributed by atoms with Crippen LogP contribution in [0.4, 0.5) is 16.3 Å². The van der Waals surface area contributed by atoms with E-state index in [1.165, 1.54) is 0 Å². The van der Waals surface area contributed by atoms with E-state index in [9.17, 15) is 4.79 Å². The summed E-state index contributed by atoms with van der Waals surface area (Å²) in [6, 6.07) is 8.96. The summed E-state index contributed by atoms with van der Waals surface area (Å²) in [5.74, 6) is 1.17. The first kappa shape index (κ1) is 18.9. The zero-order chi connectivity index (χ0) is 18.4. The van der Waals surface area contributed by atoms with E-state index in [-0.39, 0.29) is 0 Å². The number of hydrogen-bond donors (Lipinski definition) is 2. The SMILES string of the molecule is COc1ccc(Cl)cc1CNc1ccc(NC(=O)OC(C)(C)C)nc1. The zero-order valence-electron chi connectivity index (χ0n) is 14.7. The van der Waals surface area contributed by atoms with Crippen molar-refractivity contribution in [1.82, 2.24) is 4.98 Å². The molecule has 0 unspecified atom stereocenters. The molecule has 0 saturated heterocycles. The number of rotatable bonds is 5. The van der Waals surface area contributed by atoms with Crippen LogP contribution in [0.25, 0.3) is 0 Å². The molecule has 2 rings (SSSR count). The molecule has 1 heterocycles.